The second-order valence-electron chi connectivity index (χ2n) is 3.65. The van der Waals surface area contributed by atoms with Gasteiger partial charge in [-0.1, -0.05) is 12.8 Å². The summed E-state index contributed by atoms with van der Waals surface area (Å²) in [4.78, 5) is 4.00. The number of nitrogens with zero attached hydrogens (tertiary/aromatic N) is 1. The van der Waals surface area contributed by atoms with Crippen molar-refractivity contribution in [1.82, 2.24) is 4.98 Å². The van der Waals surface area contributed by atoms with E-state index in [-0.39, 0.29) is 0 Å². The van der Waals surface area contributed by atoms with Crippen LogP contribution in [0.2, 0.25) is 0 Å². The fourth-order valence-electron chi connectivity index (χ4n) is 1.82. The maximum atomic E-state index is 5.63. The molecule has 1 fully saturated rings. The van der Waals surface area contributed by atoms with Crippen LogP contribution in [0.1, 0.15) is 25.7 Å². The second kappa shape index (κ2) is 4.26. The molecule has 1 aromatic rings. The van der Waals surface area contributed by atoms with Crippen molar-refractivity contribution in [2.75, 3.05) is 6.61 Å². The topological polar surface area (TPSA) is 22.1 Å². The van der Waals surface area contributed by atoms with Crippen LogP contribution in [-0.2, 0) is 0 Å². The van der Waals surface area contributed by atoms with Crippen molar-refractivity contribution in [3.63, 3.8) is 0 Å². The van der Waals surface area contributed by atoms with Crippen LogP contribution >= 0.6 is 0 Å². The monoisotopic (exact) mass is 177 g/mol. The molecular weight excluding hydrogens is 162 g/mol. The first kappa shape index (κ1) is 8.54. The van der Waals surface area contributed by atoms with Crippen molar-refractivity contribution in [2.45, 2.75) is 25.7 Å². The summed E-state index contributed by atoms with van der Waals surface area (Å²) in [6, 6.07) is 3.87. The third-order valence-corrected chi connectivity index (χ3v) is 2.59. The Morgan fingerprint density at radius 2 is 2.23 bits per heavy atom. The first-order chi connectivity index (χ1) is 6.45. The molecule has 0 radical (unpaired) electrons. The summed E-state index contributed by atoms with van der Waals surface area (Å²) in [5.41, 5.74) is 0. The van der Waals surface area contributed by atoms with Gasteiger partial charge in [0.2, 0.25) is 0 Å². The van der Waals surface area contributed by atoms with E-state index in [0.29, 0.717) is 0 Å². The highest BCUT2D eigenvalue weighted by Gasteiger charge is 2.15. The van der Waals surface area contributed by atoms with Crippen molar-refractivity contribution >= 4 is 0 Å². The molecule has 1 saturated carbocycles. The summed E-state index contributed by atoms with van der Waals surface area (Å²) in [6.07, 6.45) is 8.96. The molecule has 1 aliphatic carbocycles. The summed E-state index contributed by atoms with van der Waals surface area (Å²) < 4.78 is 5.63. The van der Waals surface area contributed by atoms with Crippen LogP contribution in [0.5, 0.6) is 5.75 Å². The van der Waals surface area contributed by atoms with Gasteiger partial charge in [-0.25, -0.2) is 0 Å². The third-order valence-electron chi connectivity index (χ3n) is 2.59. The molecule has 0 unspecified atom stereocenters. The molecule has 1 heterocycles. The summed E-state index contributed by atoms with van der Waals surface area (Å²) in [5, 5.41) is 0. The summed E-state index contributed by atoms with van der Waals surface area (Å²) in [5.74, 6) is 1.68. The van der Waals surface area contributed by atoms with E-state index in [1.54, 1.807) is 12.4 Å². The SMILES string of the molecule is c1cncc(OCC2CCCC2)c1. The zero-order valence-electron chi connectivity index (χ0n) is 7.78. The van der Waals surface area contributed by atoms with Crippen LogP contribution in [0.4, 0.5) is 0 Å². The molecule has 70 valence electrons. The van der Waals surface area contributed by atoms with E-state index in [0.717, 1.165) is 18.3 Å². The van der Waals surface area contributed by atoms with Gasteiger partial charge in [-0.3, -0.25) is 4.98 Å². The molecule has 0 aliphatic heterocycles. The molecule has 0 atom stereocenters. The molecule has 0 N–H and O–H groups in total. The first-order valence-electron chi connectivity index (χ1n) is 4.98. The first-order valence-corrected chi connectivity index (χ1v) is 4.98. The van der Waals surface area contributed by atoms with Crippen LogP contribution in [0.15, 0.2) is 24.5 Å². The van der Waals surface area contributed by atoms with E-state index in [1.165, 1.54) is 25.7 Å². The van der Waals surface area contributed by atoms with Gasteiger partial charge in [0.15, 0.2) is 0 Å². The molecule has 2 nitrogen and oxygen atoms in total. The molecule has 1 aromatic heterocycles. The average molecular weight is 177 g/mol. The minimum atomic E-state index is 0.778. The Hall–Kier alpha value is -1.05. The lowest BCUT2D eigenvalue weighted by Crippen LogP contribution is -2.07. The lowest BCUT2D eigenvalue weighted by molar-refractivity contribution is 0.251. The van der Waals surface area contributed by atoms with Gasteiger partial charge < -0.3 is 4.74 Å². The van der Waals surface area contributed by atoms with Gasteiger partial charge in [-0.2, -0.15) is 0 Å². The van der Waals surface area contributed by atoms with Gasteiger partial charge >= 0.3 is 0 Å². The van der Waals surface area contributed by atoms with Crippen molar-refractivity contribution < 1.29 is 4.74 Å². The molecule has 0 amide bonds. The average Bonchev–Trinajstić information content (AvgIpc) is 2.69. The molecule has 0 aromatic carbocycles. The minimum Gasteiger partial charge on any atom is -0.492 e. The quantitative estimate of drug-likeness (QED) is 0.708. The number of hydrogen-bond donors (Lipinski definition) is 0. The van der Waals surface area contributed by atoms with E-state index in [4.69, 9.17) is 4.74 Å². The molecule has 0 bridgehead atoms. The molecule has 0 saturated heterocycles. The fraction of sp³-hybridized carbons (Fsp3) is 0.545. The fourth-order valence-corrected chi connectivity index (χ4v) is 1.82. The third kappa shape index (κ3) is 2.44. The van der Waals surface area contributed by atoms with Crippen molar-refractivity contribution in [3.05, 3.63) is 24.5 Å². The number of rotatable bonds is 3. The Morgan fingerprint density at radius 1 is 1.38 bits per heavy atom. The lowest BCUT2D eigenvalue weighted by Gasteiger charge is -2.10. The number of pyridine rings is 1. The van der Waals surface area contributed by atoms with E-state index in [2.05, 4.69) is 4.98 Å². The molecule has 13 heavy (non-hydrogen) atoms. The molecule has 2 rings (SSSR count). The van der Waals surface area contributed by atoms with E-state index < -0.39 is 0 Å². The van der Waals surface area contributed by atoms with Crippen LogP contribution < -0.4 is 4.74 Å². The van der Waals surface area contributed by atoms with Crippen molar-refractivity contribution in [1.29, 1.82) is 0 Å². The van der Waals surface area contributed by atoms with Crippen LogP contribution in [-0.4, -0.2) is 11.6 Å². The Bertz CT molecular complexity index is 242. The predicted molar refractivity (Wildman–Crippen MR) is 51.7 cm³/mol. The highest BCUT2D eigenvalue weighted by atomic mass is 16.5. The zero-order chi connectivity index (χ0) is 8.93. The molecule has 0 spiro atoms. The largest absolute Gasteiger partial charge is 0.492 e. The Labute approximate surface area is 78.9 Å². The lowest BCUT2D eigenvalue weighted by atomic mass is 10.1. The normalized spacial score (nSPS) is 17.5. The Morgan fingerprint density at radius 3 is 2.92 bits per heavy atom. The highest BCUT2D eigenvalue weighted by molar-refractivity contribution is 5.15. The summed E-state index contributed by atoms with van der Waals surface area (Å²) >= 11 is 0. The second-order valence-corrected chi connectivity index (χ2v) is 3.65. The van der Waals surface area contributed by atoms with Crippen molar-refractivity contribution in [2.24, 2.45) is 5.92 Å². The minimum absolute atomic E-state index is 0.778. The van der Waals surface area contributed by atoms with Crippen molar-refractivity contribution in [3.8, 4) is 5.75 Å². The van der Waals surface area contributed by atoms with E-state index in [1.807, 2.05) is 12.1 Å². The number of ether oxygens (including phenoxy) is 1. The van der Waals surface area contributed by atoms with Gasteiger partial charge in [0.1, 0.15) is 5.75 Å². The van der Waals surface area contributed by atoms with Gasteiger partial charge in [0.05, 0.1) is 12.8 Å². The van der Waals surface area contributed by atoms with Gasteiger partial charge in [-0.15, -0.1) is 0 Å². The number of hydrogen-bond acceptors (Lipinski definition) is 2. The number of aromatic nitrogens is 1. The standard InChI is InChI=1S/C11H15NO/c1-2-5-10(4-1)9-13-11-6-3-7-12-8-11/h3,6-8,10H,1-2,4-5,9H2. The van der Waals surface area contributed by atoms with Crippen LogP contribution in [0.3, 0.4) is 0 Å². The summed E-state index contributed by atoms with van der Waals surface area (Å²) in [6.45, 7) is 0.867. The maximum absolute atomic E-state index is 5.63. The highest BCUT2D eigenvalue weighted by Crippen LogP contribution is 2.25. The smallest absolute Gasteiger partial charge is 0.137 e. The summed E-state index contributed by atoms with van der Waals surface area (Å²) in [7, 11) is 0. The van der Waals surface area contributed by atoms with E-state index in [9.17, 15) is 0 Å². The maximum Gasteiger partial charge on any atom is 0.137 e. The van der Waals surface area contributed by atoms with Gasteiger partial charge in [0.25, 0.3) is 0 Å². The molecular formula is C11H15NO. The van der Waals surface area contributed by atoms with E-state index >= 15 is 0 Å². The van der Waals surface area contributed by atoms with Gasteiger partial charge in [-0.05, 0) is 30.9 Å². The van der Waals surface area contributed by atoms with Crippen LogP contribution in [0, 0.1) is 5.92 Å². The Kier molecular flexibility index (Phi) is 2.80. The Balaban J connectivity index is 1.79. The molecule has 2 heteroatoms. The molecule has 1 aliphatic rings. The van der Waals surface area contributed by atoms with Crippen LogP contribution in [0.25, 0.3) is 0 Å². The van der Waals surface area contributed by atoms with Gasteiger partial charge in [0, 0.05) is 6.20 Å². The zero-order valence-corrected chi connectivity index (χ0v) is 7.78. The predicted octanol–water partition coefficient (Wildman–Crippen LogP) is 2.65.